The maximum Gasteiger partial charge on any atom is 0.123 e. The van der Waals surface area contributed by atoms with Crippen molar-refractivity contribution < 1.29 is 14.2 Å². The topological polar surface area (TPSA) is 103 Å². The van der Waals surface area contributed by atoms with Gasteiger partial charge in [0.1, 0.15) is 5.82 Å². The quantitative estimate of drug-likeness (QED) is 0.245. The molecule has 3 heterocycles. The standard InChI is InChI=1S/C30H36FN5O2/c1-18(32)28(35(4)33)21-7-10-24-25(15-21)36(26-16-22(30(2,3)37)17-34-27(24)26)29(20-11-13-38-14-12-20)19-5-8-23(31)9-6-19/h5-10,15-17,20,29,37H,11-14,32-33H2,1-4H3/b28-18-. The summed E-state index contributed by atoms with van der Waals surface area (Å²) in [6, 6.07) is 14.9. The molecule has 38 heavy (non-hydrogen) atoms. The molecule has 5 N–H and O–H groups in total. The van der Waals surface area contributed by atoms with E-state index >= 15 is 0 Å². The van der Waals surface area contributed by atoms with Gasteiger partial charge in [-0.05, 0) is 75.4 Å². The molecule has 2 aromatic heterocycles. The van der Waals surface area contributed by atoms with Gasteiger partial charge in [-0.25, -0.2) is 10.2 Å². The first-order valence-electron chi connectivity index (χ1n) is 13.0. The third kappa shape index (κ3) is 4.75. The van der Waals surface area contributed by atoms with Crippen molar-refractivity contribution >= 4 is 27.6 Å². The summed E-state index contributed by atoms with van der Waals surface area (Å²) in [7, 11) is 1.77. The lowest BCUT2D eigenvalue weighted by Crippen LogP contribution is -2.27. The number of rotatable bonds is 6. The highest BCUT2D eigenvalue weighted by Gasteiger charge is 2.31. The van der Waals surface area contributed by atoms with E-state index in [1.165, 1.54) is 17.1 Å². The minimum absolute atomic E-state index is 0.101. The van der Waals surface area contributed by atoms with Crippen LogP contribution in [0.4, 0.5) is 4.39 Å². The molecule has 0 saturated carbocycles. The van der Waals surface area contributed by atoms with Crippen molar-refractivity contribution in [2.45, 2.75) is 45.3 Å². The molecule has 1 saturated heterocycles. The predicted molar refractivity (Wildman–Crippen MR) is 149 cm³/mol. The average Bonchev–Trinajstić information content (AvgIpc) is 3.18. The van der Waals surface area contributed by atoms with Crippen LogP contribution in [0.1, 0.15) is 56.3 Å². The molecule has 0 bridgehead atoms. The van der Waals surface area contributed by atoms with Crippen LogP contribution in [0.15, 0.2) is 60.4 Å². The first-order valence-corrected chi connectivity index (χ1v) is 13.0. The summed E-state index contributed by atoms with van der Waals surface area (Å²) in [6.45, 7) is 6.70. The summed E-state index contributed by atoms with van der Waals surface area (Å²) in [5.41, 5.74) is 11.9. The van der Waals surface area contributed by atoms with E-state index in [0.29, 0.717) is 18.9 Å². The van der Waals surface area contributed by atoms with Crippen LogP contribution in [0, 0.1) is 11.7 Å². The number of halogens is 1. The van der Waals surface area contributed by atoms with Crippen LogP contribution in [0.2, 0.25) is 0 Å². The number of aliphatic hydroxyl groups is 1. The average molecular weight is 518 g/mol. The molecule has 1 aliphatic heterocycles. The summed E-state index contributed by atoms with van der Waals surface area (Å²) in [5, 5.41) is 13.4. The second-order valence-corrected chi connectivity index (χ2v) is 10.8. The number of hydrogen-bond acceptors (Lipinski definition) is 6. The van der Waals surface area contributed by atoms with Gasteiger partial charge in [0, 0.05) is 48.7 Å². The zero-order valence-corrected chi connectivity index (χ0v) is 22.4. The van der Waals surface area contributed by atoms with Crippen molar-refractivity contribution in [3.8, 4) is 0 Å². The van der Waals surface area contributed by atoms with E-state index < -0.39 is 5.60 Å². The predicted octanol–water partition coefficient (Wildman–Crippen LogP) is 5.02. The lowest BCUT2D eigenvalue weighted by molar-refractivity contribution is 0.0552. The monoisotopic (exact) mass is 517 g/mol. The van der Waals surface area contributed by atoms with Crippen molar-refractivity contribution in [2.75, 3.05) is 20.3 Å². The van der Waals surface area contributed by atoms with E-state index in [0.717, 1.165) is 57.2 Å². The summed E-state index contributed by atoms with van der Waals surface area (Å²) in [6.07, 6.45) is 3.49. The summed E-state index contributed by atoms with van der Waals surface area (Å²) in [4.78, 5) is 4.84. The number of fused-ring (bicyclic) bond motifs is 3. The van der Waals surface area contributed by atoms with E-state index in [9.17, 15) is 9.50 Å². The maximum atomic E-state index is 14.0. The molecule has 200 valence electrons. The molecule has 0 spiro atoms. The fourth-order valence-corrected chi connectivity index (χ4v) is 5.72. The number of aromatic nitrogens is 2. The van der Waals surface area contributed by atoms with Gasteiger partial charge in [-0.3, -0.25) is 4.98 Å². The van der Waals surface area contributed by atoms with Crippen LogP contribution in [0.25, 0.3) is 27.6 Å². The Bertz CT molecular complexity index is 1490. The van der Waals surface area contributed by atoms with Gasteiger partial charge in [-0.2, -0.15) is 0 Å². The molecule has 5 rings (SSSR count). The number of hydrogen-bond donors (Lipinski definition) is 3. The van der Waals surface area contributed by atoms with Crippen molar-refractivity contribution in [1.82, 2.24) is 14.6 Å². The zero-order valence-electron chi connectivity index (χ0n) is 22.4. The molecular formula is C30H36FN5O2. The minimum Gasteiger partial charge on any atom is -0.401 e. The molecule has 4 aromatic rings. The third-order valence-corrected chi connectivity index (χ3v) is 7.55. The van der Waals surface area contributed by atoms with Gasteiger partial charge in [-0.15, -0.1) is 0 Å². The highest BCUT2D eigenvalue weighted by atomic mass is 19.1. The Morgan fingerprint density at radius 1 is 1.13 bits per heavy atom. The van der Waals surface area contributed by atoms with Crippen LogP contribution in [0.3, 0.4) is 0 Å². The Labute approximate surface area is 222 Å². The van der Waals surface area contributed by atoms with Gasteiger partial charge in [0.15, 0.2) is 0 Å². The van der Waals surface area contributed by atoms with Gasteiger partial charge in [-0.1, -0.05) is 18.2 Å². The Hall–Kier alpha value is -3.46. The molecule has 0 aliphatic carbocycles. The smallest absolute Gasteiger partial charge is 0.123 e. The van der Waals surface area contributed by atoms with Gasteiger partial charge in [0.2, 0.25) is 0 Å². The van der Waals surface area contributed by atoms with E-state index in [2.05, 4.69) is 16.7 Å². The Kier molecular flexibility index (Phi) is 6.90. The highest BCUT2D eigenvalue weighted by molar-refractivity contribution is 6.07. The van der Waals surface area contributed by atoms with E-state index in [1.54, 1.807) is 27.1 Å². The lowest BCUT2D eigenvalue weighted by atomic mass is 9.86. The van der Waals surface area contributed by atoms with Crippen LogP contribution in [0.5, 0.6) is 0 Å². The highest BCUT2D eigenvalue weighted by Crippen LogP contribution is 2.41. The molecule has 1 unspecified atom stereocenters. The second-order valence-electron chi connectivity index (χ2n) is 10.8. The van der Waals surface area contributed by atoms with Crippen molar-refractivity contribution in [3.05, 3.63) is 82.9 Å². The molecule has 1 aliphatic rings. The Morgan fingerprint density at radius 3 is 2.42 bits per heavy atom. The molecule has 1 atom stereocenters. The van der Waals surface area contributed by atoms with Gasteiger partial charge in [0.25, 0.3) is 0 Å². The number of benzene rings is 2. The van der Waals surface area contributed by atoms with Gasteiger partial charge < -0.3 is 25.2 Å². The number of ether oxygens (including phenoxy) is 1. The summed E-state index contributed by atoms with van der Waals surface area (Å²) >= 11 is 0. The normalized spacial score (nSPS) is 16.6. The van der Waals surface area contributed by atoms with Gasteiger partial charge in [0.05, 0.1) is 33.9 Å². The minimum atomic E-state index is -1.06. The van der Waals surface area contributed by atoms with Crippen molar-refractivity contribution in [3.63, 3.8) is 0 Å². The first-order chi connectivity index (χ1) is 18.1. The fraction of sp³-hybridized carbons (Fsp3) is 0.367. The van der Waals surface area contributed by atoms with Gasteiger partial charge >= 0.3 is 0 Å². The van der Waals surface area contributed by atoms with E-state index in [-0.39, 0.29) is 17.8 Å². The first kappa shape index (κ1) is 26.2. The Balaban J connectivity index is 1.87. The van der Waals surface area contributed by atoms with Crippen molar-refractivity contribution in [1.29, 1.82) is 0 Å². The number of allylic oxidation sites excluding steroid dienone is 1. The molecule has 2 aromatic carbocycles. The number of hydrazine groups is 1. The van der Waals surface area contributed by atoms with Crippen LogP contribution < -0.4 is 11.6 Å². The zero-order chi connectivity index (χ0) is 27.2. The summed E-state index contributed by atoms with van der Waals surface area (Å²) < 4.78 is 22.0. The van der Waals surface area contributed by atoms with E-state index in [1.807, 2.05) is 31.2 Å². The molecule has 0 amide bonds. The number of nitrogens with two attached hydrogens (primary N) is 2. The summed E-state index contributed by atoms with van der Waals surface area (Å²) in [5.74, 6) is 6.16. The molecular weight excluding hydrogens is 481 g/mol. The maximum absolute atomic E-state index is 14.0. The van der Waals surface area contributed by atoms with Crippen LogP contribution >= 0.6 is 0 Å². The molecule has 1 fully saturated rings. The number of nitrogens with zero attached hydrogens (tertiary/aromatic N) is 3. The molecule has 8 heteroatoms. The Morgan fingerprint density at radius 2 is 1.82 bits per heavy atom. The van der Waals surface area contributed by atoms with Crippen LogP contribution in [-0.4, -0.2) is 39.9 Å². The van der Waals surface area contributed by atoms with Crippen LogP contribution in [-0.2, 0) is 10.3 Å². The fourth-order valence-electron chi connectivity index (χ4n) is 5.72. The SMILES string of the molecule is C/C(N)=C(\c1ccc2c3ncc(C(C)(C)O)cc3n(C(c3ccc(F)cc3)C3CCOCC3)c2c1)N(C)N. The third-order valence-electron chi connectivity index (χ3n) is 7.55. The van der Waals surface area contributed by atoms with Crippen molar-refractivity contribution in [2.24, 2.45) is 17.5 Å². The molecule has 7 nitrogen and oxygen atoms in total. The second kappa shape index (κ2) is 10.0. The lowest BCUT2D eigenvalue weighted by Gasteiger charge is -2.33. The largest absolute Gasteiger partial charge is 0.401 e. The van der Waals surface area contributed by atoms with E-state index in [4.69, 9.17) is 21.3 Å². The molecule has 0 radical (unpaired) electrons. The number of pyridine rings is 1.